The predicted octanol–water partition coefficient (Wildman–Crippen LogP) is -3.23. The van der Waals surface area contributed by atoms with Crippen molar-refractivity contribution < 1.29 is 30.6 Å². The Balaban J connectivity index is 2.71. The van der Waals surface area contributed by atoms with Crippen molar-refractivity contribution in [2.45, 2.75) is 18.5 Å². The average Bonchev–Trinajstić information content (AvgIpc) is 2.39. The fourth-order valence-electron chi connectivity index (χ4n) is 1.43. The van der Waals surface area contributed by atoms with E-state index in [0.717, 1.165) is 0 Å². The lowest BCUT2D eigenvalue weighted by molar-refractivity contribution is -0.409. The maximum atomic E-state index is 11.5. The van der Waals surface area contributed by atoms with E-state index in [9.17, 15) is 14.7 Å². The van der Waals surface area contributed by atoms with Crippen LogP contribution >= 0.6 is 0 Å². The molecule has 104 valence electrons. The molecule has 0 aromatic heterocycles. The Morgan fingerprint density at radius 2 is 1.89 bits per heavy atom. The summed E-state index contributed by atoms with van der Waals surface area (Å²) in [4.78, 5) is 22.4. The number of carboxylic acid groups (broad SMARTS) is 1. The molecule has 0 aliphatic rings. The topological polar surface area (TPSA) is 137 Å². The van der Waals surface area contributed by atoms with Gasteiger partial charge in [0.05, 0.1) is 12.0 Å². The zero-order valence-electron chi connectivity index (χ0n) is 10.2. The summed E-state index contributed by atoms with van der Waals surface area (Å²) >= 11 is 0. The van der Waals surface area contributed by atoms with E-state index in [0.29, 0.717) is 5.56 Å². The minimum Gasteiger partial charge on any atom is -0.548 e. The summed E-state index contributed by atoms with van der Waals surface area (Å²) in [6.07, 6.45) is 0.0203. The molecule has 0 radical (unpaired) electrons. The van der Waals surface area contributed by atoms with Gasteiger partial charge in [-0.25, -0.2) is 0 Å². The Hall–Kier alpha value is -2.12. The van der Waals surface area contributed by atoms with Crippen molar-refractivity contribution in [1.29, 1.82) is 0 Å². The number of hydrogen-bond acceptors (Lipinski definition) is 5. The number of phenols is 1. The molecule has 7 nitrogen and oxygen atoms in total. The molecule has 1 aromatic carbocycles. The first-order valence-corrected chi connectivity index (χ1v) is 5.67. The van der Waals surface area contributed by atoms with Gasteiger partial charge in [0, 0.05) is 0 Å². The van der Waals surface area contributed by atoms with Gasteiger partial charge in [0.1, 0.15) is 12.4 Å². The summed E-state index contributed by atoms with van der Waals surface area (Å²) < 4.78 is 0. The molecule has 0 unspecified atom stereocenters. The fourth-order valence-corrected chi connectivity index (χ4v) is 1.43. The van der Waals surface area contributed by atoms with Crippen LogP contribution in [0.4, 0.5) is 0 Å². The SMILES string of the molecule is [NH3+][C@@H](CO)C(=O)N[C@@H](Cc1ccc(O)cc1)C(=O)[O-]. The number of aliphatic hydroxyl groups is 1. The molecule has 1 amide bonds. The van der Waals surface area contributed by atoms with Gasteiger partial charge in [-0.2, -0.15) is 0 Å². The van der Waals surface area contributed by atoms with E-state index in [-0.39, 0.29) is 12.2 Å². The standard InChI is InChI=1S/C12H16N2O5/c13-9(6-15)11(17)14-10(12(18)19)5-7-1-3-8(16)4-2-7/h1-4,9-10,15-16H,5-6,13H2,(H,14,17)(H,18,19)/t9-,10-/m0/s1. The molecule has 19 heavy (non-hydrogen) atoms. The minimum absolute atomic E-state index is 0.0203. The summed E-state index contributed by atoms with van der Waals surface area (Å²) in [5.74, 6) is -2.02. The molecule has 0 aliphatic heterocycles. The number of hydrogen-bond donors (Lipinski definition) is 4. The molecule has 6 N–H and O–H groups in total. The highest BCUT2D eigenvalue weighted by molar-refractivity contribution is 5.85. The number of quaternary nitrogens is 1. The van der Waals surface area contributed by atoms with Crippen LogP contribution in [0, 0.1) is 0 Å². The molecule has 0 saturated carbocycles. The normalized spacial score (nSPS) is 13.6. The van der Waals surface area contributed by atoms with Gasteiger partial charge in [-0.3, -0.25) is 4.79 Å². The van der Waals surface area contributed by atoms with E-state index >= 15 is 0 Å². The van der Waals surface area contributed by atoms with Gasteiger partial charge in [0.15, 0.2) is 6.04 Å². The second-order valence-electron chi connectivity index (χ2n) is 4.13. The Kier molecular flexibility index (Phi) is 5.28. The van der Waals surface area contributed by atoms with Gasteiger partial charge in [-0.1, -0.05) is 12.1 Å². The monoisotopic (exact) mass is 268 g/mol. The lowest BCUT2D eigenvalue weighted by atomic mass is 10.1. The number of carbonyl (C=O) groups is 2. The number of amides is 1. The van der Waals surface area contributed by atoms with E-state index in [1.165, 1.54) is 12.1 Å². The van der Waals surface area contributed by atoms with Gasteiger partial charge in [-0.15, -0.1) is 0 Å². The third kappa shape index (κ3) is 4.57. The first-order valence-electron chi connectivity index (χ1n) is 5.67. The summed E-state index contributed by atoms with van der Waals surface area (Å²) in [7, 11) is 0. The molecule has 0 spiro atoms. The van der Waals surface area contributed by atoms with E-state index in [2.05, 4.69) is 11.1 Å². The lowest BCUT2D eigenvalue weighted by Gasteiger charge is -2.20. The molecule has 0 saturated heterocycles. The maximum absolute atomic E-state index is 11.5. The van der Waals surface area contributed by atoms with Crippen molar-refractivity contribution in [2.75, 3.05) is 6.61 Å². The van der Waals surface area contributed by atoms with Crippen LogP contribution in [0.15, 0.2) is 24.3 Å². The van der Waals surface area contributed by atoms with Crippen LogP contribution in [-0.4, -0.2) is 40.8 Å². The van der Waals surface area contributed by atoms with Crippen molar-refractivity contribution in [3.8, 4) is 5.75 Å². The van der Waals surface area contributed by atoms with Gasteiger partial charge in [-0.05, 0) is 24.1 Å². The highest BCUT2D eigenvalue weighted by atomic mass is 16.4. The predicted molar refractivity (Wildman–Crippen MR) is 62.5 cm³/mol. The van der Waals surface area contributed by atoms with E-state index < -0.39 is 30.6 Å². The zero-order valence-corrected chi connectivity index (χ0v) is 10.2. The molecule has 0 heterocycles. The zero-order chi connectivity index (χ0) is 14.4. The quantitative estimate of drug-likeness (QED) is 0.430. The summed E-state index contributed by atoms with van der Waals surface area (Å²) in [6, 6.07) is 3.79. The van der Waals surface area contributed by atoms with Crippen LogP contribution < -0.4 is 16.2 Å². The number of carboxylic acids is 1. The van der Waals surface area contributed by atoms with Gasteiger partial charge in [0.2, 0.25) is 0 Å². The number of nitrogens with one attached hydrogen (secondary N) is 1. The third-order valence-corrected chi connectivity index (χ3v) is 2.57. The number of benzene rings is 1. The molecule has 1 rings (SSSR count). The summed E-state index contributed by atoms with van der Waals surface area (Å²) in [5.41, 5.74) is 4.00. The fraction of sp³-hybridized carbons (Fsp3) is 0.333. The molecular weight excluding hydrogens is 252 g/mol. The third-order valence-electron chi connectivity index (χ3n) is 2.57. The Labute approximate surface area is 109 Å². The Morgan fingerprint density at radius 3 is 2.37 bits per heavy atom. The number of phenolic OH excluding ortho intramolecular Hbond substituents is 1. The highest BCUT2D eigenvalue weighted by Crippen LogP contribution is 2.11. The average molecular weight is 268 g/mol. The van der Waals surface area contributed by atoms with Crippen LogP contribution in [0.2, 0.25) is 0 Å². The summed E-state index contributed by atoms with van der Waals surface area (Å²) in [5, 5.41) is 31.1. The molecule has 0 bridgehead atoms. The second kappa shape index (κ2) is 6.72. The van der Waals surface area contributed by atoms with Crippen molar-refractivity contribution in [3.63, 3.8) is 0 Å². The first kappa shape index (κ1) is 14.9. The summed E-state index contributed by atoms with van der Waals surface area (Å²) in [6.45, 7) is -0.467. The highest BCUT2D eigenvalue weighted by Gasteiger charge is 2.21. The number of aliphatic hydroxyl groups excluding tert-OH is 1. The van der Waals surface area contributed by atoms with Crippen LogP contribution in [0.25, 0.3) is 0 Å². The van der Waals surface area contributed by atoms with Gasteiger partial charge < -0.3 is 31.2 Å². The van der Waals surface area contributed by atoms with Gasteiger partial charge in [0.25, 0.3) is 5.91 Å². The number of rotatable bonds is 6. The maximum Gasteiger partial charge on any atom is 0.281 e. The van der Waals surface area contributed by atoms with Crippen molar-refractivity contribution in [3.05, 3.63) is 29.8 Å². The van der Waals surface area contributed by atoms with E-state index in [1.54, 1.807) is 12.1 Å². The van der Waals surface area contributed by atoms with E-state index in [4.69, 9.17) is 10.2 Å². The molecule has 0 aliphatic carbocycles. The molecule has 2 atom stereocenters. The Bertz CT molecular complexity index is 446. The minimum atomic E-state index is -1.42. The van der Waals surface area contributed by atoms with Crippen LogP contribution in [0.5, 0.6) is 5.75 Å². The smallest absolute Gasteiger partial charge is 0.281 e. The molecule has 0 fully saturated rings. The van der Waals surface area contributed by atoms with Crippen LogP contribution in [0.3, 0.4) is 0 Å². The molecular formula is C12H16N2O5. The van der Waals surface area contributed by atoms with Gasteiger partial charge >= 0.3 is 0 Å². The number of carbonyl (C=O) groups excluding carboxylic acids is 2. The Morgan fingerprint density at radius 1 is 1.32 bits per heavy atom. The van der Waals surface area contributed by atoms with Crippen molar-refractivity contribution in [1.82, 2.24) is 5.32 Å². The van der Waals surface area contributed by atoms with Crippen LogP contribution in [0.1, 0.15) is 5.56 Å². The van der Waals surface area contributed by atoms with E-state index in [1.807, 2.05) is 0 Å². The lowest BCUT2D eigenvalue weighted by Crippen LogP contribution is -2.70. The second-order valence-corrected chi connectivity index (χ2v) is 4.13. The molecule has 7 heteroatoms. The van der Waals surface area contributed by atoms with Crippen molar-refractivity contribution in [2.24, 2.45) is 0 Å². The van der Waals surface area contributed by atoms with Crippen LogP contribution in [-0.2, 0) is 16.0 Å². The number of aliphatic carboxylic acids is 1. The largest absolute Gasteiger partial charge is 0.548 e. The first-order chi connectivity index (χ1) is 8.93. The molecule has 1 aromatic rings. The van der Waals surface area contributed by atoms with Crippen molar-refractivity contribution >= 4 is 11.9 Å². The number of aromatic hydroxyl groups is 1.